The third kappa shape index (κ3) is 35.3. The van der Waals surface area contributed by atoms with Gasteiger partial charge in [0.05, 0.1) is 18.8 Å². The van der Waals surface area contributed by atoms with Gasteiger partial charge in [0.25, 0.3) is 0 Å². The van der Waals surface area contributed by atoms with Crippen molar-refractivity contribution in [1.82, 2.24) is 5.32 Å². The normalized spacial score (nSPS) is 13.7. The maximum absolute atomic E-state index is 12.5. The van der Waals surface area contributed by atoms with Crippen LogP contribution in [0.1, 0.15) is 239 Å². The first-order chi connectivity index (χ1) is 24.1. The van der Waals surface area contributed by atoms with Crippen LogP contribution in [0.4, 0.5) is 0 Å². The number of aliphatic hydroxyl groups excluding tert-OH is 3. The molecule has 3 atom stereocenters. The summed E-state index contributed by atoms with van der Waals surface area (Å²) in [6.07, 6.45) is 46.3. The van der Waals surface area contributed by atoms with Gasteiger partial charge in [0.2, 0.25) is 5.91 Å². The fraction of sp³-hybridized carbons (Fsp3) is 0.932. The largest absolute Gasteiger partial charge is 0.394 e. The molecule has 0 saturated heterocycles. The van der Waals surface area contributed by atoms with Gasteiger partial charge in [0.1, 0.15) is 6.10 Å². The Morgan fingerprint density at radius 3 is 1.12 bits per heavy atom. The monoisotopic (exact) mass is 694 g/mol. The van der Waals surface area contributed by atoms with Gasteiger partial charge in [-0.2, -0.15) is 0 Å². The van der Waals surface area contributed by atoms with E-state index in [0.717, 1.165) is 32.1 Å². The molecule has 0 aromatic rings. The van der Waals surface area contributed by atoms with Crippen molar-refractivity contribution in [3.63, 3.8) is 0 Å². The maximum atomic E-state index is 12.5. The van der Waals surface area contributed by atoms with Gasteiger partial charge >= 0.3 is 0 Å². The molecule has 0 fully saturated rings. The molecule has 5 nitrogen and oxygen atoms in total. The van der Waals surface area contributed by atoms with Gasteiger partial charge in [-0.1, -0.05) is 212 Å². The highest BCUT2D eigenvalue weighted by atomic mass is 16.3. The van der Waals surface area contributed by atoms with Crippen LogP contribution in [0.15, 0.2) is 12.2 Å². The quantitative estimate of drug-likeness (QED) is 0.0380. The molecule has 0 spiro atoms. The minimum absolute atomic E-state index is 0.313. The van der Waals surface area contributed by atoms with Gasteiger partial charge in [-0.3, -0.25) is 4.79 Å². The van der Waals surface area contributed by atoms with Crippen LogP contribution >= 0.6 is 0 Å². The second-order valence-electron chi connectivity index (χ2n) is 15.3. The van der Waals surface area contributed by atoms with E-state index in [1.54, 1.807) is 0 Å². The second-order valence-corrected chi connectivity index (χ2v) is 15.3. The van der Waals surface area contributed by atoms with Crippen molar-refractivity contribution >= 4 is 5.91 Å². The first kappa shape index (κ1) is 48.1. The van der Waals surface area contributed by atoms with Crippen LogP contribution in [0.3, 0.4) is 0 Å². The minimum Gasteiger partial charge on any atom is -0.394 e. The zero-order valence-corrected chi connectivity index (χ0v) is 33.1. The number of aliphatic hydroxyl groups is 3. The maximum Gasteiger partial charge on any atom is 0.249 e. The predicted octanol–water partition coefficient (Wildman–Crippen LogP) is 12.4. The molecule has 0 heterocycles. The van der Waals surface area contributed by atoms with Crippen LogP contribution in [0.5, 0.6) is 0 Å². The summed E-state index contributed by atoms with van der Waals surface area (Å²) in [5.74, 6) is -0.473. The first-order valence-corrected chi connectivity index (χ1v) is 22.0. The molecular formula is C44H87NO4. The summed E-state index contributed by atoms with van der Waals surface area (Å²) in [4.78, 5) is 12.5. The standard InChI is InChI=1S/C44H87NO4/c1-3-5-7-9-11-13-15-17-19-20-21-22-23-25-27-29-31-33-35-37-39-43(48)44(49)45-41(40-46)42(47)38-36-34-32-30-28-26-24-18-16-14-12-10-8-6-4-2/h22-23,41-43,46-48H,3-21,24-40H2,1-2H3,(H,45,49)/b23-22-. The number of amides is 1. The Bertz CT molecular complexity index is 684. The van der Waals surface area contributed by atoms with Crippen LogP contribution in [-0.2, 0) is 4.79 Å². The average Bonchev–Trinajstić information content (AvgIpc) is 3.11. The van der Waals surface area contributed by atoms with Crippen LogP contribution in [0.25, 0.3) is 0 Å². The fourth-order valence-electron chi connectivity index (χ4n) is 6.89. The SMILES string of the molecule is CCCCCCCCCCCC/C=C\CCCCCCCCC(O)C(=O)NC(CO)C(O)CCCCCCCCCCCCCCCCC. The van der Waals surface area contributed by atoms with Gasteiger partial charge in [-0.25, -0.2) is 0 Å². The first-order valence-electron chi connectivity index (χ1n) is 22.0. The zero-order valence-electron chi connectivity index (χ0n) is 33.1. The van der Waals surface area contributed by atoms with Crippen molar-refractivity contribution in [2.75, 3.05) is 6.61 Å². The van der Waals surface area contributed by atoms with Gasteiger partial charge < -0.3 is 20.6 Å². The van der Waals surface area contributed by atoms with E-state index >= 15 is 0 Å². The number of carbonyl (C=O) groups excluding carboxylic acids is 1. The molecule has 0 aliphatic rings. The molecule has 4 N–H and O–H groups in total. The third-order valence-corrected chi connectivity index (χ3v) is 10.4. The number of hydrogen-bond acceptors (Lipinski definition) is 4. The van der Waals surface area contributed by atoms with Crippen molar-refractivity contribution in [2.45, 2.75) is 257 Å². The molecule has 0 aromatic heterocycles. The van der Waals surface area contributed by atoms with Crippen LogP contribution in [-0.4, -0.2) is 46.1 Å². The van der Waals surface area contributed by atoms with Crippen molar-refractivity contribution < 1.29 is 20.1 Å². The zero-order chi connectivity index (χ0) is 35.9. The number of nitrogens with one attached hydrogen (secondary N) is 1. The second kappa shape index (κ2) is 39.9. The van der Waals surface area contributed by atoms with Crippen molar-refractivity contribution in [3.8, 4) is 0 Å². The van der Waals surface area contributed by atoms with E-state index in [1.807, 2.05) is 0 Å². The van der Waals surface area contributed by atoms with Crippen LogP contribution < -0.4 is 5.32 Å². The summed E-state index contributed by atoms with van der Waals surface area (Å²) in [7, 11) is 0. The van der Waals surface area contributed by atoms with Crippen LogP contribution in [0.2, 0.25) is 0 Å². The van der Waals surface area contributed by atoms with Gasteiger partial charge in [-0.05, 0) is 38.5 Å². The highest BCUT2D eigenvalue weighted by Gasteiger charge is 2.23. The Hall–Kier alpha value is -0.910. The van der Waals surface area contributed by atoms with E-state index < -0.39 is 24.2 Å². The molecule has 0 aromatic carbocycles. The van der Waals surface area contributed by atoms with E-state index in [0.29, 0.717) is 12.8 Å². The van der Waals surface area contributed by atoms with E-state index in [4.69, 9.17) is 0 Å². The average molecular weight is 694 g/mol. The number of rotatable bonds is 40. The molecule has 0 rings (SSSR count). The lowest BCUT2D eigenvalue weighted by molar-refractivity contribution is -0.131. The Morgan fingerprint density at radius 2 is 0.776 bits per heavy atom. The lowest BCUT2D eigenvalue weighted by atomic mass is 10.0. The lowest BCUT2D eigenvalue weighted by Crippen LogP contribution is -2.49. The molecule has 3 unspecified atom stereocenters. The molecular weight excluding hydrogens is 606 g/mol. The molecule has 0 aliphatic heterocycles. The smallest absolute Gasteiger partial charge is 0.249 e. The Balaban J connectivity index is 3.62. The topological polar surface area (TPSA) is 89.8 Å². The number of carbonyl (C=O) groups is 1. The summed E-state index contributed by atoms with van der Waals surface area (Å²) >= 11 is 0. The summed E-state index contributed by atoms with van der Waals surface area (Å²) in [6.45, 7) is 4.24. The summed E-state index contributed by atoms with van der Waals surface area (Å²) in [6, 6.07) is -0.710. The predicted molar refractivity (Wildman–Crippen MR) is 213 cm³/mol. The highest BCUT2D eigenvalue weighted by molar-refractivity contribution is 5.80. The van der Waals surface area contributed by atoms with E-state index in [1.165, 1.54) is 180 Å². The van der Waals surface area contributed by atoms with E-state index in [9.17, 15) is 20.1 Å². The van der Waals surface area contributed by atoms with Crippen LogP contribution in [0, 0.1) is 0 Å². The Morgan fingerprint density at radius 1 is 0.469 bits per heavy atom. The Kier molecular flexibility index (Phi) is 39.1. The van der Waals surface area contributed by atoms with Gasteiger partial charge in [0.15, 0.2) is 0 Å². The van der Waals surface area contributed by atoms with Crippen molar-refractivity contribution in [2.24, 2.45) is 0 Å². The molecule has 0 aliphatic carbocycles. The molecule has 292 valence electrons. The molecule has 49 heavy (non-hydrogen) atoms. The summed E-state index contributed by atoms with van der Waals surface area (Å²) < 4.78 is 0. The van der Waals surface area contributed by atoms with Gasteiger partial charge in [0, 0.05) is 0 Å². The number of hydrogen-bond donors (Lipinski definition) is 4. The van der Waals surface area contributed by atoms with Crippen molar-refractivity contribution in [3.05, 3.63) is 12.2 Å². The van der Waals surface area contributed by atoms with E-state index in [2.05, 4.69) is 31.3 Å². The van der Waals surface area contributed by atoms with E-state index in [-0.39, 0.29) is 6.61 Å². The molecule has 0 saturated carbocycles. The number of allylic oxidation sites excluding steroid dienone is 2. The molecule has 5 heteroatoms. The molecule has 0 radical (unpaired) electrons. The lowest BCUT2D eigenvalue weighted by Gasteiger charge is -2.23. The summed E-state index contributed by atoms with van der Waals surface area (Å²) in [5, 5.41) is 33.3. The van der Waals surface area contributed by atoms with Crippen molar-refractivity contribution in [1.29, 1.82) is 0 Å². The van der Waals surface area contributed by atoms with Gasteiger partial charge in [-0.15, -0.1) is 0 Å². The minimum atomic E-state index is -1.08. The highest BCUT2D eigenvalue weighted by Crippen LogP contribution is 2.16. The number of unbranched alkanes of at least 4 members (excludes halogenated alkanes) is 30. The molecule has 0 bridgehead atoms. The summed E-state index contributed by atoms with van der Waals surface area (Å²) in [5.41, 5.74) is 0. The Labute approximate surface area is 306 Å². The molecule has 1 amide bonds. The third-order valence-electron chi connectivity index (χ3n) is 10.4. The fourth-order valence-corrected chi connectivity index (χ4v) is 6.89.